The van der Waals surface area contributed by atoms with Crippen molar-refractivity contribution in [2.75, 3.05) is 26.8 Å². The summed E-state index contributed by atoms with van der Waals surface area (Å²) in [5.41, 5.74) is 10.1. The van der Waals surface area contributed by atoms with Crippen LogP contribution in [0.4, 0.5) is 0 Å². The van der Waals surface area contributed by atoms with E-state index in [1.807, 2.05) is 24.3 Å². The lowest BCUT2D eigenvalue weighted by molar-refractivity contribution is 0.174. The number of ether oxygens (including phenoxy) is 2. The molecule has 0 saturated heterocycles. The molecule has 0 bridgehead atoms. The summed E-state index contributed by atoms with van der Waals surface area (Å²) in [5.74, 6) is 1.70. The van der Waals surface area contributed by atoms with E-state index in [1.165, 1.54) is 16.7 Å². The van der Waals surface area contributed by atoms with Gasteiger partial charge in [0.2, 0.25) is 0 Å². The van der Waals surface area contributed by atoms with Crippen molar-refractivity contribution in [3.63, 3.8) is 0 Å². The smallest absolute Gasteiger partial charge is 0.119 e. The van der Waals surface area contributed by atoms with E-state index in [1.54, 1.807) is 7.11 Å². The molecule has 2 N–H and O–H groups in total. The van der Waals surface area contributed by atoms with Crippen LogP contribution in [0, 0.1) is 6.92 Å². The molecule has 0 amide bonds. The van der Waals surface area contributed by atoms with E-state index in [9.17, 15) is 0 Å². The Morgan fingerprint density at radius 1 is 1.13 bits per heavy atom. The average molecular weight is 312 g/mol. The maximum atomic E-state index is 6.01. The Balaban J connectivity index is 1.58. The average Bonchev–Trinajstić information content (AvgIpc) is 2.92. The number of nitrogens with two attached hydrogens (primary N) is 1. The van der Waals surface area contributed by atoms with Crippen molar-refractivity contribution < 1.29 is 9.47 Å². The Morgan fingerprint density at radius 2 is 1.87 bits per heavy atom. The van der Waals surface area contributed by atoms with Crippen molar-refractivity contribution in [3.8, 4) is 11.5 Å². The van der Waals surface area contributed by atoms with Gasteiger partial charge < -0.3 is 15.2 Å². The monoisotopic (exact) mass is 312 g/mol. The van der Waals surface area contributed by atoms with Crippen molar-refractivity contribution in [3.05, 3.63) is 59.2 Å². The fourth-order valence-corrected chi connectivity index (χ4v) is 3.16. The van der Waals surface area contributed by atoms with Crippen LogP contribution < -0.4 is 15.2 Å². The summed E-state index contributed by atoms with van der Waals surface area (Å²) in [4.78, 5) is 2.40. The lowest BCUT2D eigenvalue weighted by Crippen LogP contribution is -2.31. The van der Waals surface area contributed by atoms with Crippen LogP contribution in [0.25, 0.3) is 0 Å². The van der Waals surface area contributed by atoms with Gasteiger partial charge in [-0.25, -0.2) is 0 Å². The molecule has 0 radical (unpaired) electrons. The maximum absolute atomic E-state index is 6.01. The number of fused-ring (bicyclic) bond motifs is 1. The molecule has 1 heterocycles. The summed E-state index contributed by atoms with van der Waals surface area (Å²) < 4.78 is 11.0. The zero-order chi connectivity index (χ0) is 16.2. The van der Waals surface area contributed by atoms with Gasteiger partial charge in [-0.3, -0.25) is 4.90 Å². The van der Waals surface area contributed by atoms with E-state index in [0.717, 1.165) is 24.6 Å². The topological polar surface area (TPSA) is 47.7 Å². The first kappa shape index (κ1) is 15.8. The number of methoxy groups -OCH3 is 1. The Bertz CT molecular complexity index is 655. The van der Waals surface area contributed by atoms with E-state index in [2.05, 4.69) is 30.0 Å². The first-order valence-electron chi connectivity index (χ1n) is 8.01. The number of nitrogens with zero attached hydrogens (tertiary/aromatic N) is 1. The fraction of sp³-hybridized carbons (Fsp3) is 0.368. The molecule has 23 heavy (non-hydrogen) atoms. The molecule has 1 atom stereocenters. The maximum Gasteiger partial charge on any atom is 0.119 e. The van der Waals surface area contributed by atoms with Gasteiger partial charge in [-0.15, -0.1) is 0 Å². The number of benzene rings is 2. The summed E-state index contributed by atoms with van der Waals surface area (Å²) in [6.07, 6.45) is 0. The minimum Gasteiger partial charge on any atom is -0.497 e. The molecule has 3 rings (SSSR count). The molecule has 1 aliphatic rings. The summed E-state index contributed by atoms with van der Waals surface area (Å²) in [7, 11) is 1.66. The summed E-state index contributed by atoms with van der Waals surface area (Å²) in [6, 6.07) is 14.6. The van der Waals surface area contributed by atoms with E-state index in [4.69, 9.17) is 15.2 Å². The highest BCUT2D eigenvalue weighted by molar-refractivity contribution is 5.37. The molecular formula is C19H24N2O2. The Labute approximate surface area is 137 Å². The van der Waals surface area contributed by atoms with Crippen LogP contribution in [-0.4, -0.2) is 31.7 Å². The minimum absolute atomic E-state index is 0.296. The van der Waals surface area contributed by atoms with Gasteiger partial charge in [-0.05, 0) is 42.3 Å². The SMILES string of the molecule is COc1ccc(OCCN2Cc3ccc(C)cc3C2CN)cc1. The molecule has 2 aromatic carbocycles. The lowest BCUT2D eigenvalue weighted by atomic mass is 10.0. The molecule has 1 unspecified atom stereocenters. The third-order valence-corrected chi connectivity index (χ3v) is 4.40. The number of hydrogen-bond donors (Lipinski definition) is 1. The molecule has 4 nitrogen and oxygen atoms in total. The van der Waals surface area contributed by atoms with E-state index < -0.39 is 0 Å². The quantitative estimate of drug-likeness (QED) is 0.891. The van der Waals surface area contributed by atoms with Crippen LogP contribution in [0.1, 0.15) is 22.7 Å². The molecule has 0 saturated carbocycles. The highest BCUT2D eigenvalue weighted by Crippen LogP contribution is 2.33. The molecule has 1 aliphatic heterocycles. The predicted octanol–water partition coefficient (Wildman–Crippen LogP) is 2.90. The van der Waals surface area contributed by atoms with Crippen LogP contribution in [0.3, 0.4) is 0 Å². The summed E-state index contributed by atoms with van der Waals surface area (Å²) >= 11 is 0. The van der Waals surface area contributed by atoms with Crippen molar-refractivity contribution in [1.82, 2.24) is 4.90 Å². The molecule has 0 fully saturated rings. The second kappa shape index (κ2) is 7.02. The number of rotatable bonds is 6. The summed E-state index contributed by atoms with van der Waals surface area (Å²) in [5, 5.41) is 0. The van der Waals surface area contributed by atoms with Crippen LogP contribution >= 0.6 is 0 Å². The zero-order valence-corrected chi connectivity index (χ0v) is 13.8. The first-order chi connectivity index (χ1) is 11.2. The van der Waals surface area contributed by atoms with E-state index in [0.29, 0.717) is 19.2 Å². The number of aryl methyl sites for hydroxylation is 1. The van der Waals surface area contributed by atoms with Crippen LogP contribution in [0.5, 0.6) is 11.5 Å². The normalized spacial score (nSPS) is 17.1. The van der Waals surface area contributed by atoms with Crippen LogP contribution in [-0.2, 0) is 6.54 Å². The van der Waals surface area contributed by atoms with Crippen molar-refractivity contribution in [2.45, 2.75) is 19.5 Å². The highest BCUT2D eigenvalue weighted by Gasteiger charge is 2.28. The van der Waals surface area contributed by atoms with Gasteiger partial charge in [0.25, 0.3) is 0 Å². The van der Waals surface area contributed by atoms with E-state index >= 15 is 0 Å². The van der Waals surface area contributed by atoms with E-state index in [-0.39, 0.29) is 0 Å². The number of hydrogen-bond acceptors (Lipinski definition) is 4. The lowest BCUT2D eigenvalue weighted by Gasteiger charge is -2.23. The molecule has 0 aromatic heterocycles. The molecule has 0 spiro atoms. The third-order valence-electron chi connectivity index (χ3n) is 4.40. The van der Waals surface area contributed by atoms with Gasteiger partial charge in [0.05, 0.1) is 7.11 Å². The summed E-state index contributed by atoms with van der Waals surface area (Å²) in [6.45, 7) is 5.23. The Morgan fingerprint density at radius 3 is 2.57 bits per heavy atom. The highest BCUT2D eigenvalue weighted by atomic mass is 16.5. The van der Waals surface area contributed by atoms with Gasteiger partial charge in [0, 0.05) is 25.7 Å². The minimum atomic E-state index is 0.296. The van der Waals surface area contributed by atoms with Gasteiger partial charge in [0.1, 0.15) is 18.1 Å². The van der Waals surface area contributed by atoms with Crippen molar-refractivity contribution >= 4 is 0 Å². The second-order valence-electron chi connectivity index (χ2n) is 5.95. The van der Waals surface area contributed by atoms with Crippen LogP contribution in [0.2, 0.25) is 0 Å². The van der Waals surface area contributed by atoms with Gasteiger partial charge in [0.15, 0.2) is 0 Å². The standard InChI is InChI=1S/C19H24N2O2/c1-14-3-4-15-13-21(19(12-20)18(15)11-14)9-10-23-17-7-5-16(22-2)6-8-17/h3-8,11,19H,9-10,12-13,20H2,1-2H3. The molecule has 0 aliphatic carbocycles. The van der Waals surface area contributed by atoms with Crippen LogP contribution in [0.15, 0.2) is 42.5 Å². The molecular weight excluding hydrogens is 288 g/mol. The van der Waals surface area contributed by atoms with Gasteiger partial charge in [-0.1, -0.05) is 23.8 Å². The predicted molar refractivity (Wildman–Crippen MR) is 91.9 cm³/mol. The van der Waals surface area contributed by atoms with Crippen molar-refractivity contribution in [1.29, 1.82) is 0 Å². The molecule has 2 aromatic rings. The second-order valence-corrected chi connectivity index (χ2v) is 5.95. The van der Waals surface area contributed by atoms with Crippen molar-refractivity contribution in [2.24, 2.45) is 5.73 Å². The molecule has 4 heteroatoms. The largest absolute Gasteiger partial charge is 0.497 e. The zero-order valence-electron chi connectivity index (χ0n) is 13.8. The Hall–Kier alpha value is -2.04. The third kappa shape index (κ3) is 3.49. The van der Waals surface area contributed by atoms with Gasteiger partial charge in [-0.2, -0.15) is 0 Å². The Kier molecular flexibility index (Phi) is 4.84. The first-order valence-corrected chi connectivity index (χ1v) is 8.01. The fourth-order valence-electron chi connectivity index (χ4n) is 3.16. The molecule has 122 valence electrons. The van der Waals surface area contributed by atoms with Gasteiger partial charge >= 0.3 is 0 Å².